The highest BCUT2D eigenvalue weighted by molar-refractivity contribution is 6.09. The van der Waals surface area contributed by atoms with E-state index >= 15 is 0 Å². The number of aliphatic imine (C=N–C) groups is 1. The average molecular weight is 259 g/mol. The number of aryl methyl sites for hydroxylation is 1. The van der Waals surface area contributed by atoms with Crippen molar-refractivity contribution >= 4 is 11.9 Å². The van der Waals surface area contributed by atoms with Crippen molar-refractivity contribution in [2.75, 3.05) is 6.54 Å². The molecule has 102 valence electrons. The number of hydrogen-bond donors (Lipinski definition) is 2. The lowest BCUT2D eigenvalue weighted by Crippen LogP contribution is -2.43. The zero-order chi connectivity index (χ0) is 13.9. The van der Waals surface area contributed by atoms with Crippen LogP contribution in [0.2, 0.25) is 0 Å². The van der Waals surface area contributed by atoms with Gasteiger partial charge in [-0.05, 0) is 25.3 Å². The first kappa shape index (κ1) is 13.6. The lowest BCUT2D eigenvalue weighted by atomic mass is 9.87. The third kappa shape index (κ3) is 2.48. The van der Waals surface area contributed by atoms with Gasteiger partial charge < -0.3 is 5.32 Å². The van der Waals surface area contributed by atoms with Gasteiger partial charge in [0.25, 0.3) is 5.91 Å². The Morgan fingerprint density at radius 2 is 1.89 bits per heavy atom. The summed E-state index contributed by atoms with van der Waals surface area (Å²) in [5, 5.41) is 6.11. The lowest BCUT2D eigenvalue weighted by Gasteiger charge is -2.25. The summed E-state index contributed by atoms with van der Waals surface area (Å²) in [5.41, 5.74) is 1.49. The van der Waals surface area contributed by atoms with Crippen LogP contribution in [0.4, 0.5) is 0 Å². The van der Waals surface area contributed by atoms with Crippen LogP contribution in [0.3, 0.4) is 0 Å². The number of nitrogens with zero attached hydrogens (tertiary/aromatic N) is 1. The second kappa shape index (κ2) is 5.43. The van der Waals surface area contributed by atoms with Crippen LogP contribution in [0.1, 0.15) is 37.8 Å². The molecule has 0 aliphatic carbocycles. The van der Waals surface area contributed by atoms with Crippen molar-refractivity contribution < 1.29 is 4.79 Å². The van der Waals surface area contributed by atoms with Gasteiger partial charge in [-0.3, -0.25) is 15.1 Å². The molecule has 0 aromatic heterocycles. The smallest absolute Gasteiger partial charge is 0.257 e. The Labute approximate surface area is 114 Å². The summed E-state index contributed by atoms with van der Waals surface area (Å²) in [5.74, 6) is 0.572. The number of carbonyl (C=O) groups is 1. The van der Waals surface area contributed by atoms with E-state index in [0.29, 0.717) is 12.4 Å². The van der Waals surface area contributed by atoms with Gasteiger partial charge in [0.15, 0.2) is 5.96 Å². The van der Waals surface area contributed by atoms with Crippen LogP contribution in [0, 0.1) is 6.92 Å². The molecule has 4 nitrogen and oxygen atoms in total. The van der Waals surface area contributed by atoms with Gasteiger partial charge in [-0.25, -0.2) is 0 Å². The Morgan fingerprint density at radius 3 is 2.47 bits per heavy atom. The van der Waals surface area contributed by atoms with Gasteiger partial charge in [0, 0.05) is 6.54 Å². The summed E-state index contributed by atoms with van der Waals surface area (Å²) in [4.78, 5) is 16.7. The summed E-state index contributed by atoms with van der Waals surface area (Å²) >= 11 is 0. The van der Waals surface area contributed by atoms with Gasteiger partial charge in [0.2, 0.25) is 0 Å². The van der Waals surface area contributed by atoms with Crippen molar-refractivity contribution in [2.24, 2.45) is 4.99 Å². The van der Waals surface area contributed by atoms with Crippen molar-refractivity contribution in [1.82, 2.24) is 10.6 Å². The minimum Gasteiger partial charge on any atom is -0.338 e. The molecule has 1 atom stereocenters. The number of carbonyl (C=O) groups excluding carboxylic acids is 1. The van der Waals surface area contributed by atoms with E-state index in [1.165, 1.54) is 5.56 Å². The van der Waals surface area contributed by atoms with Gasteiger partial charge in [-0.15, -0.1) is 0 Å². The topological polar surface area (TPSA) is 53.5 Å². The summed E-state index contributed by atoms with van der Waals surface area (Å²) in [6.45, 7) is 6.83. The molecule has 1 aliphatic rings. The summed E-state index contributed by atoms with van der Waals surface area (Å²) < 4.78 is 0. The van der Waals surface area contributed by atoms with Crippen molar-refractivity contribution in [1.29, 1.82) is 0 Å². The van der Waals surface area contributed by atoms with Crippen LogP contribution in [-0.4, -0.2) is 18.4 Å². The highest BCUT2D eigenvalue weighted by Crippen LogP contribution is 2.28. The lowest BCUT2D eigenvalue weighted by molar-refractivity contribution is -0.124. The first-order valence-electron chi connectivity index (χ1n) is 6.83. The first-order valence-corrected chi connectivity index (χ1v) is 6.83. The van der Waals surface area contributed by atoms with Crippen LogP contribution in [0.5, 0.6) is 0 Å². The summed E-state index contributed by atoms with van der Waals surface area (Å²) in [6, 6.07) is 8.08. The molecule has 1 fully saturated rings. The average Bonchev–Trinajstić information content (AvgIpc) is 2.74. The predicted octanol–water partition coefficient (Wildman–Crippen LogP) is 2.09. The molecular weight excluding hydrogens is 238 g/mol. The predicted molar refractivity (Wildman–Crippen MR) is 77.0 cm³/mol. The van der Waals surface area contributed by atoms with Crippen molar-refractivity contribution in [3.63, 3.8) is 0 Å². The van der Waals surface area contributed by atoms with E-state index in [9.17, 15) is 4.79 Å². The number of benzene rings is 1. The zero-order valence-electron chi connectivity index (χ0n) is 11.8. The molecule has 0 spiro atoms. The summed E-state index contributed by atoms with van der Waals surface area (Å²) in [6.07, 6.45) is 1.65. The van der Waals surface area contributed by atoms with E-state index < -0.39 is 5.54 Å². The molecule has 0 saturated carbocycles. The molecular formula is C15H21N3O. The number of amides is 1. The molecule has 4 heteroatoms. The molecule has 1 aromatic rings. The molecule has 19 heavy (non-hydrogen) atoms. The number of rotatable bonds is 4. The molecule has 1 saturated heterocycles. The number of nitrogens with one attached hydrogen (secondary N) is 2. The van der Waals surface area contributed by atoms with E-state index in [-0.39, 0.29) is 5.91 Å². The fraction of sp³-hybridized carbons (Fsp3) is 0.467. The minimum atomic E-state index is -0.680. The van der Waals surface area contributed by atoms with E-state index in [1.54, 1.807) is 0 Å². The van der Waals surface area contributed by atoms with Gasteiger partial charge >= 0.3 is 0 Å². The minimum absolute atomic E-state index is 0.0197. The quantitative estimate of drug-likeness (QED) is 0.870. The SMILES string of the molecule is CCCN=C1NC(=O)C(CC)(c2ccc(C)cc2)N1. The Kier molecular flexibility index (Phi) is 3.88. The highest BCUT2D eigenvalue weighted by Gasteiger charge is 2.44. The largest absolute Gasteiger partial charge is 0.338 e. The normalized spacial score (nSPS) is 24.4. The molecule has 1 aromatic carbocycles. The summed E-state index contributed by atoms with van der Waals surface area (Å²) in [7, 11) is 0. The van der Waals surface area contributed by atoms with Gasteiger partial charge in [-0.2, -0.15) is 0 Å². The highest BCUT2D eigenvalue weighted by atomic mass is 16.2. The molecule has 1 heterocycles. The van der Waals surface area contributed by atoms with E-state index in [4.69, 9.17) is 0 Å². The molecule has 2 rings (SSSR count). The third-order valence-electron chi connectivity index (χ3n) is 3.52. The second-order valence-corrected chi connectivity index (χ2v) is 4.93. The molecule has 1 aliphatic heterocycles. The van der Waals surface area contributed by atoms with Crippen LogP contribution < -0.4 is 10.6 Å². The van der Waals surface area contributed by atoms with Gasteiger partial charge in [0.1, 0.15) is 5.54 Å². The van der Waals surface area contributed by atoms with E-state index in [0.717, 1.165) is 18.5 Å². The standard InChI is InChI=1S/C15H21N3O/c1-4-10-16-14-17-13(19)15(5-2,18-14)12-8-6-11(3)7-9-12/h6-9H,4-5,10H2,1-3H3,(H2,16,17,18,19). The Balaban J connectivity index is 2.33. The van der Waals surface area contributed by atoms with Crippen molar-refractivity contribution in [3.05, 3.63) is 35.4 Å². The maximum Gasteiger partial charge on any atom is 0.257 e. The Morgan fingerprint density at radius 1 is 1.21 bits per heavy atom. The third-order valence-corrected chi connectivity index (χ3v) is 3.52. The number of guanidine groups is 1. The van der Waals surface area contributed by atoms with Crippen LogP contribution in [-0.2, 0) is 10.3 Å². The van der Waals surface area contributed by atoms with Crippen LogP contribution in [0.25, 0.3) is 0 Å². The molecule has 1 amide bonds. The molecule has 0 radical (unpaired) electrons. The maximum absolute atomic E-state index is 12.3. The van der Waals surface area contributed by atoms with E-state index in [1.807, 2.05) is 38.1 Å². The monoisotopic (exact) mass is 259 g/mol. The van der Waals surface area contributed by atoms with Gasteiger partial charge in [-0.1, -0.05) is 43.7 Å². The molecule has 2 N–H and O–H groups in total. The fourth-order valence-electron chi connectivity index (χ4n) is 2.30. The van der Waals surface area contributed by atoms with E-state index in [2.05, 4.69) is 22.5 Å². The van der Waals surface area contributed by atoms with Crippen LogP contribution in [0.15, 0.2) is 29.3 Å². The Bertz CT molecular complexity index is 493. The maximum atomic E-state index is 12.3. The molecule has 0 bridgehead atoms. The number of hydrogen-bond acceptors (Lipinski definition) is 2. The van der Waals surface area contributed by atoms with Crippen molar-refractivity contribution in [2.45, 2.75) is 39.2 Å². The zero-order valence-corrected chi connectivity index (χ0v) is 11.8. The second-order valence-electron chi connectivity index (χ2n) is 4.93. The van der Waals surface area contributed by atoms with Crippen molar-refractivity contribution in [3.8, 4) is 0 Å². The Hall–Kier alpha value is -1.84. The fourth-order valence-corrected chi connectivity index (χ4v) is 2.30. The molecule has 1 unspecified atom stereocenters. The van der Waals surface area contributed by atoms with Gasteiger partial charge in [0.05, 0.1) is 0 Å². The first-order chi connectivity index (χ1) is 9.12. The van der Waals surface area contributed by atoms with Crippen LogP contribution >= 0.6 is 0 Å².